The predicted molar refractivity (Wildman–Crippen MR) is 77.7 cm³/mol. The number of aryl methyl sites for hydroxylation is 1. The summed E-state index contributed by atoms with van der Waals surface area (Å²) in [4.78, 5) is 23.7. The van der Waals surface area contributed by atoms with Gasteiger partial charge >= 0.3 is 0 Å². The minimum atomic E-state index is -0.882. The smallest absolute Gasteiger partial charge is 0.276 e. The van der Waals surface area contributed by atoms with Gasteiger partial charge in [0.2, 0.25) is 0 Å². The molecular weight excluding hydrogens is 292 g/mol. The third-order valence-corrected chi connectivity index (χ3v) is 3.00. The van der Waals surface area contributed by atoms with Crippen molar-refractivity contribution in [3.63, 3.8) is 0 Å². The van der Waals surface area contributed by atoms with Crippen LogP contribution >= 0.6 is 0 Å². The van der Waals surface area contributed by atoms with Crippen molar-refractivity contribution >= 4 is 11.6 Å². The monoisotopic (exact) mass is 307 g/mol. The molecule has 0 saturated heterocycles. The van der Waals surface area contributed by atoms with Crippen LogP contribution in [0.5, 0.6) is 0 Å². The normalized spacial score (nSPS) is 10.5. The van der Waals surface area contributed by atoms with Crippen molar-refractivity contribution in [1.29, 1.82) is 0 Å². The Bertz CT molecular complexity index is 744. The number of carbonyl (C=O) groups is 1. The SMILES string of the molecule is CCCCn1nc(C(=O)Nc2ccc(F)cc2F)ccc1=O. The second-order valence-electron chi connectivity index (χ2n) is 4.71. The average Bonchev–Trinajstić information content (AvgIpc) is 2.49. The Labute approximate surface area is 125 Å². The van der Waals surface area contributed by atoms with Crippen LogP contribution in [0.3, 0.4) is 0 Å². The van der Waals surface area contributed by atoms with Gasteiger partial charge in [0.25, 0.3) is 11.5 Å². The number of benzene rings is 1. The molecule has 0 saturated carbocycles. The highest BCUT2D eigenvalue weighted by molar-refractivity contribution is 6.02. The van der Waals surface area contributed by atoms with Gasteiger partial charge in [-0.3, -0.25) is 9.59 Å². The van der Waals surface area contributed by atoms with E-state index >= 15 is 0 Å². The molecule has 7 heteroatoms. The lowest BCUT2D eigenvalue weighted by Gasteiger charge is -2.08. The molecule has 22 heavy (non-hydrogen) atoms. The maximum atomic E-state index is 13.5. The maximum Gasteiger partial charge on any atom is 0.276 e. The van der Waals surface area contributed by atoms with Crippen LogP contribution in [0.4, 0.5) is 14.5 Å². The van der Waals surface area contributed by atoms with Crippen molar-refractivity contribution in [1.82, 2.24) is 9.78 Å². The van der Waals surface area contributed by atoms with Crippen LogP contribution in [0.1, 0.15) is 30.3 Å². The van der Waals surface area contributed by atoms with Gasteiger partial charge in [-0.25, -0.2) is 13.5 Å². The van der Waals surface area contributed by atoms with Crippen molar-refractivity contribution in [2.24, 2.45) is 0 Å². The highest BCUT2D eigenvalue weighted by Gasteiger charge is 2.12. The van der Waals surface area contributed by atoms with Gasteiger partial charge < -0.3 is 5.32 Å². The average molecular weight is 307 g/mol. The van der Waals surface area contributed by atoms with Gasteiger partial charge in [-0.05, 0) is 24.6 Å². The molecular formula is C15H15F2N3O2. The van der Waals surface area contributed by atoms with Gasteiger partial charge in [0.15, 0.2) is 0 Å². The van der Waals surface area contributed by atoms with E-state index in [1.807, 2.05) is 6.92 Å². The van der Waals surface area contributed by atoms with E-state index < -0.39 is 17.5 Å². The summed E-state index contributed by atoms with van der Waals surface area (Å²) >= 11 is 0. The van der Waals surface area contributed by atoms with Crippen molar-refractivity contribution < 1.29 is 13.6 Å². The molecule has 1 amide bonds. The number of amides is 1. The van der Waals surface area contributed by atoms with Gasteiger partial charge in [-0.15, -0.1) is 0 Å². The Balaban J connectivity index is 2.20. The number of nitrogens with one attached hydrogen (secondary N) is 1. The molecule has 5 nitrogen and oxygen atoms in total. The number of nitrogens with zero attached hydrogens (tertiary/aromatic N) is 2. The number of hydrogen-bond acceptors (Lipinski definition) is 3. The van der Waals surface area contributed by atoms with Crippen LogP contribution in [0.15, 0.2) is 35.1 Å². The molecule has 0 bridgehead atoms. The summed E-state index contributed by atoms with van der Waals surface area (Å²) in [6.07, 6.45) is 1.63. The summed E-state index contributed by atoms with van der Waals surface area (Å²) in [5, 5.41) is 6.25. The predicted octanol–water partition coefficient (Wildman–Crippen LogP) is 2.57. The Morgan fingerprint density at radius 2 is 2.05 bits per heavy atom. The first-order valence-corrected chi connectivity index (χ1v) is 6.86. The van der Waals surface area contributed by atoms with Crippen LogP contribution in [-0.2, 0) is 6.54 Å². The quantitative estimate of drug-likeness (QED) is 0.923. The maximum absolute atomic E-state index is 13.5. The minimum absolute atomic E-state index is 0.0144. The summed E-state index contributed by atoms with van der Waals surface area (Å²) in [7, 11) is 0. The Kier molecular flexibility index (Phi) is 4.98. The Morgan fingerprint density at radius 1 is 1.27 bits per heavy atom. The fourth-order valence-electron chi connectivity index (χ4n) is 1.82. The number of hydrogen-bond donors (Lipinski definition) is 1. The number of carbonyl (C=O) groups excluding carboxylic acids is 1. The molecule has 0 fully saturated rings. The van der Waals surface area contributed by atoms with Crippen molar-refractivity contribution in [2.45, 2.75) is 26.3 Å². The van der Waals surface area contributed by atoms with E-state index in [4.69, 9.17) is 0 Å². The highest BCUT2D eigenvalue weighted by Crippen LogP contribution is 2.15. The summed E-state index contributed by atoms with van der Waals surface area (Å²) in [6, 6.07) is 5.33. The molecule has 2 aromatic rings. The Hall–Kier alpha value is -2.57. The summed E-state index contributed by atoms with van der Waals surface area (Å²) in [6.45, 7) is 2.38. The summed E-state index contributed by atoms with van der Waals surface area (Å²) < 4.78 is 27.5. The molecule has 0 unspecified atom stereocenters. The molecule has 1 N–H and O–H groups in total. The zero-order chi connectivity index (χ0) is 16.1. The highest BCUT2D eigenvalue weighted by atomic mass is 19.1. The number of aromatic nitrogens is 2. The minimum Gasteiger partial charge on any atom is -0.318 e. The van der Waals surface area contributed by atoms with Crippen LogP contribution in [0.2, 0.25) is 0 Å². The van der Waals surface area contributed by atoms with Gasteiger partial charge in [-0.1, -0.05) is 13.3 Å². The fourth-order valence-corrected chi connectivity index (χ4v) is 1.82. The van der Waals surface area contributed by atoms with Gasteiger partial charge in [-0.2, -0.15) is 5.10 Å². The number of halogens is 2. The lowest BCUT2D eigenvalue weighted by Crippen LogP contribution is -2.26. The van der Waals surface area contributed by atoms with E-state index in [1.54, 1.807) is 0 Å². The second kappa shape index (κ2) is 6.93. The van der Waals surface area contributed by atoms with Crippen LogP contribution < -0.4 is 10.9 Å². The number of anilines is 1. The molecule has 1 aromatic carbocycles. The molecule has 0 atom stereocenters. The van der Waals surface area contributed by atoms with Gasteiger partial charge in [0.05, 0.1) is 5.69 Å². The molecule has 0 spiro atoms. The molecule has 1 aromatic heterocycles. The van der Waals surface area contributed by atoms with Crippen LogP contribution in [-0.4, -0.2) is 15.7 Å². The third-order valence-electron chi connectivity index (χ3n) is 3.00. The van der Waals surface area contributed by atoms with E-state index in [9.17, 15) is 18.4 Å². The molecule has 116 valence electrons. The van der Waals surface area contributed by atoms with E-state index in [0.29, 0.717) is 12.6 Å². The molecule has 1 heterocycles. The first-order valence-electron chi connectivity index (χ1n) is 6.86. The number of rotatable bonds is 5. The van der Waals surface area contributed by atoms with Gasteiger partial charge in [0.1, 0.15) is 17.3 Å². The zero-order valence-corrected chi connectivity index (χ0v) is 12.0. The molecule has 0 aliphatic rings. The summed E-state index contributed by atoms with van der Waals surface area (Å²) in [5.74, 6) is -2.29. The lowest BCUT2D eigenvalue weighted by molar-refractivity contribution is 0.101. The summed E-state index contributed by atoms with van der Waals surface area (Å²) in [5.41, 5.74) is -0.475. The largest absolute Gasteiger partial charge is 0.318 e. The fraction of sp³-hybridized carbons (Fsp3) is 0.267. The third kappa shape index (κ3) is 3.75. The molecule has 2 rings (SSSR count). The Morgan fingerprint density at radius 3 is 2.73 bits per heavy atom. The zero-order valence-electron chi connectivity index (χ0n) is 12.0. The molecule has 0 aliphatic carbocycles. The topological polar surface area (TPSA) is 64.0 Å². The lowest BCUT2D eigenvalue weighted by atomic mass is 10.2. The standard InChI is InChI=1S/C15H15F2N3O2/c1-2-3-8-20-14(21)7-6-13(19-20)15(22)18-12-5-4-10(16)9-11(12)17/h4-7,9H,2-3,8H2,1H3,(H,18,22). The first kappa shape index (κ1) is 15.8. The second-order valence-corrected chi connectivity index (χ2v) is 4.71. The van der Waals surface area contributed by atoms with Crippen molar-refractivity contribution in [3.05, 3.63) is 58.0 Å². The molecule has 0 aliphatic heterocycles. The van der Waals surface area contributed by atoms with Gasteiger partial charge in [0, 0.05) is 18.7 Å². The van der Waals surface area contributed by atoms with E-state index in [0.717, 1.165) is 25.0 Å². The van der Waals surface area contributed by atoms with Crippen LogP contribution in [0, 0.1) is 11.6 Å². The number of unbranched alkanes of at least 4 members (excludes halogenated alkanes) is 1. The van der Waals surface area contributed by atoms with Crippen molar-refractivity contribution in [2.75, 3.05) is 5.32 Å². The van der Waals surface area contributed by atoms with Crippen molar-refractivity contribution in [3.8, 4) is 0 Å². The first-order chi connectivity index (χ1) is 10.5. The van der Waals surface area contributed by atoms with E-state index in [2.05, 4.69) is 10.4 Å². The molecule has 0 radical (unpaired) electrons. The van der Waals surface area contributed by atoms with E-state index in [1.165, 1.54) is 16.8 Å². The van der Waals surface area contributed by atoms with E-state index in [-0.39, 0.29) is 16.9 Å². The van der Waals surface area contributed by atoms with Crippen LogP contribution in [0.25, 0.3) is 0 Å².